The third-order valence-corrected chi connectivity index (χ3v) is 3.96. The van der Waals surface area contributed by atoms with Crippen LogP contribution >= 0.6 is 22.9 Å². The Balaban J connectivity index is 2.89. The molecule has 0 N–H and O–H groups in total. The molecule has 0 unspecified atom stereocenters. The first-order valence-corrected chi connectivity index (χ1v) is 7.43. The number of hydrogen-bond donors (Lipinski definition) is 0. The monoisotopic (exact) mass is 304 g/mol. The number of hydrogen-bond acceptors (Lipinski definition) is 4. The Morgan fingerprint density at radius 3 is 2.58 bits per heavy atom. The third-order valence-electron chi connectivity index (χ3n) is 2.64. The molecule has 19 heavy (non-hydrogen) atoms. The molecular weight excluding hydrogens is 288 g/mol. The maximum Gasteiger partial charge on any atom is 0.299 e. The number of amides is 1. The SMILES string of the molecule is CCCCN(CCC)C(=O)c1cc([N+](=O)[O-])c(Cl)s1. The zero-order valence-corrected chi connectivity index (χ0v) is 12.6. The number of halogens is 1. The fraction of sp³-hybridized carbons (Fsp3) is 0.583. The first kappa shape index (κ1) is 15.9. The molecule has 1 rings (SSSR count). The zero-order chi connectivity index (χ0) is 14.4. The Kier molecular flexibility index (Phi) is 6.24. The molecule has 0 saturated carbocycles. The van der Waals surface area contributed by atoms with E-state index in [2.05, 4.69) is 6.92 Å². The van der Waals surface area contributed by atoms with E-state index >= 15 is 0 Å². The second-order valence-corrected chi connectivity index (χ2v) is 5.83. The van der Waals surface area contributed by atoms with E-state index in [0.717, 1.165) is 30.6 Å². The highest BCUT2D eigenvalue weighted by molar-refractivity contribution is 7.18. The highest BCUT2D eigenvalue weighted by Gasteiger charge is 2.23. The van der Waals surface area contributed by atoms with E-state index in [9.17, 15) is 14.9 Å². The Labute approximate surface area is 121 Å². The number of carbonyl (C=O) groups excluding carboxylic acids is 1. The van der Waals surface area contributed by atoms with E-state index < -0.39 is 4.92 Å². The number of rotatable bonds is 7. The van der Waals surface area contributed by atoms with Crippen LogP contribution in [0.5, 0.6) is 0 Å². The summed E-state index contributed by atoms with van der Waals surface area (Å²) < 4.78 is 0.0558. The van der Waals surface area contributed by atoms with Gasteiger partial charge in [0.25, 0.3) is 11.6 Å². The molecule has 0 aliphatic rings. The van der Waals surface area contributed by atoms with E-state index in [0.29, 0.717) is 18.0 Å². The van der Waals surface area contributed by atoms with Crippen LogP contribution in [0.3, 0.4) is 0 Å². The summed E-state index contributed by atoms with van der Waals surface area (Å²) in [6, 6.07) is 1.27. The molecule has 5 nitrogen and oxygen atoms in total. The summed E-state index contributed by atoms with van der Waals surface area (Å²) in [6.07, 6.45) is 2.78. The summed E-state index contributed by atoms with van der Waals surface area (Å²) >= 11 is 6.75. The van der Waals surface area contributed by atoms with Gasteiger partial charge in [-0.2, -0.15) is 0 Å². The number of unbranched alkanes of at least 4 members (excludes halogenated alkanes) is 1. The zero-order valence-electron chi connectivity index (χ0n) is 11.0. The van der Waals surface area contributed by atoms with Crippen molar-refractivity contribution in [3.63, 3.8) is 0 Å². The van der Waals surface area contributed by atoms with Crippen molar-refractivity contribution >= 4 is 34.5 Å². The lowest BCUT2D eigenvalue weighted by molar-refractivity contribution is -0.384. The van der Waals surface area contributed by atoms with E-state index in [1.165, 1.54) is 6.07 Å². The molecule has 0 aliphatic heterocycles. The largest absolute Gasteiger partial charge is 0.338 e. The number of thiophene rings is 1. The van der Waals surface area contributed by atoms with E-state index in [1.807, 2.05) is 6.92 Å². The lowest BCUT2D eigenvalue weighted by Crippen LogP contribution is -2.32. The Bertz CT molecular complexity index is 462. The van der Waals surface area contributed by atoms with Crippen molar-refractivity contribution in [2.75, 3.05) is 13.1 Å². The summed E-state index contributed by atoms with van der Waals surface area (Å²) in [6.45, 7) is 5.38. The minimum absolute atomic E-state index is 0.0558. The molecule has 0 fully saturated rings. The third kappa shape index (κ3) is 4.18. The molecule has 1 amide bonds. The van der Waals surface area contributed by atoms with Crippen LogP contribution in [0, 0.1) is 10.1 Å². The standard InChI is InChI=1S/C12H17ClN2O3S/c1-3-5-7-14(6-4-2)12(16)10-8-9(15(17)18)11(13)19-10/h8H,3-7H2,1-2H3. The van der Waals surface area contributed by atoms with Gasteiger partial charge in [-0.3, -0.25) is 14.9 Å². The van der Waals surface area contributed by atoms with E-state index in [-0.39, 0.29) is 15.9 Å². The van der Waals surface area contributed by atoms with Crippen LogP contribution < -0.4 is 0 Å². The fourth-order valence-electron chi connectivity index (χ4n) is 1.68. The number of carbonyl (C=O) groups is 1. The van der Waals surface area contributed by atoms with Crippen molar-refractivity contribution in [1.29, 1.82) is 0 Å². The molecule has 0 radical (unpaired) electrons. The predicted octanol–water partition coefficient (Wildman–Crippen LogP) is 3.96. The van der Waals surface area contributed by atoms with E-state index in [1.54, 1.807) is 4.90 Å². The fourth-order valence-corrected chi connectivity index (χ4v) is 2.87. The Morgan fingerprint density at radius 2 is 2.11 bits per heavy atom. The maximum absolute atomic E-state index is 12.3. The topological polar surface area (TPSA) is 63.5 Å². The molecule has 0 atom stereocenters. The van der Waals surface area contributed by atoms with Gasteiger partial charge >= 0.3 is 0 Å². The van der Waals surface area contributed by atoms with Crippen molar-refractivity contribution in [2.45, 2.75) is 33.1 Å². The normalized spacial score (nSPS) is 10.5. The summed E-state index contributed by atoms with van der Waals surface area (Å²) in [4.78, 5) is 24.5. The highest BCUT2D eigenvalue weighted by Crippen LogP contribution is 2.34. The maximum atomic E-state index is 12.3. The smallest absolute Gasteiger partial charge is 0.299 e. The first-order chi connectivity index (χ1) is 9.01. The van der Waals surface area contributed by atoms with E-state index in [4.69, 9.17) is 11.6 Å². The molecule has 0 saturated heterocycles. The van der Waals surface area contributed by atoms with Gasteiger partial charge in [0.05, 0.1) is 4.92 Å². The van der Waals surface area contributed by atoms with Crippen molar-refractivity contribution in [1.82, 2.24) is 4.90 Å². The van der Waals surface area contributed by atoms with Gasteiger partial charge in [0.2, 0.25) is 0 Å². The summed E-state index contributed by atoms with van der Waals surface area (Å²) in [7, 11) is 0. The van der Waals surface area contributed by atoms with Gasteiger partial charge in [0, 0.05) is 19.2 Å². The minimum atomic E-state index is -0.564. The average Bonchev–Trinajstić information content (AvgIpc) is 2.76. The van der Waals surface area contributed by atoms with Crippen LogP contribution in [0.2, 0.25) is 4.34 Å². The quantitative estimate of drug-likeness (QED) is 0.565. The molecule has 1 aromatic rings. The van der Waals surface area contributed by atoms with Crippen LogP contribution in [0.25, 0.3) is 0 Å². The molecule has 0 aliphatic carbocycles. The lowest BCUT2D eigenvalue weighted by atomic mass is 10.2. The van der Waals surface area contributed by atoms with Gasteiger partial charge in [-0.05, 0) is 12.8 Å². The van der Waals surface area contributed by atoms with Crippen LogP contribution in [-0.2, 0) is 0 Å². The summed E-state index contributed by atoms with van der Waals surface area (Å²) in [5, 5.41) is 10.7. The number of nitro groups is 1. The van der Waals surface area contributed by atoms with Crippen molar-refractivity contribution in [2.24, 2.45) is 0 Å². The minimum Gasteiger partial charge on any atom is -0.338 e. The Morgan fingerprint density at radius 1 is 1.42 bits per heavy atom. The average molecular weight is 305 g/mol. The van der Waals surface area contributed by atoms with Gasteiger partial charge in [0.15, 0.2) is 4.34 Å². The summed E-state index contributed by atoms with van der Waals surface area (Å²) in [5.74, 6) is -0.171. The van der Waals surface area contributed by atoms with Crippen LogP contribution in [0.15, 0.2) is 6.07 Å². The molecule has 7 heteroatoms. The van der Waals surface area contributed by atoms with Gasteiger partial charge in [0.1, 0.15) is 4.88 Å². The highest BCUT2D eigenvalue weighted by atomic mass is 35.5. The van der Waals surface area contributed by atoms with Crippen LogP contribution in [-0.4, -0.2) is 28.8 Å². The Hall–Kier alpha value is -1.14. The molecule has 0 aromatic carbocycles. The predicted molar refractivity (Wildman–Crippen MR) is 77.1 cm³/mol. The second kappa shape index (κ2) is 7.45. The van der Waals surface area contributed by atoms with Gasteiger partial charge in [-0.1, -0.05) is 31.9 Å². The second-order valence-electron chi connectivity index (χ2n) is 4.17. The molecule has 0 bridgehead atoms. The van der Waals surface area contributed by atoms with Crippen LogP contribution in [0.4, 0.5) is 5.69 Å². The van der Waals surface area contributed by atoms with Crippen molar-refractivity contribution in [3.05, 3.63) is 25.4 Å². The molecular formula is C12H17ClN2O3S. The first-order valence-electron chi connectivity index (χ1n) is 6.24. The molecule has 1 heterocycles. The molecule has 0 spiro atoms. The molecule has 1 aromatic heterocycles. The summed E-state index contributed by atoms with van der Waals surface area (Å²) in [5.41, 5.74) is -0.193. The number of nitrogens with zero attached hydrogens (tertiary/aromatic N) is 2. The van der Waals surface area contributed by atoms with Crippen LogP contribution in [0.1, 0.15) is 42.8 Å². The van der Waals surface area contributed by atoms with Crippen molar-refractivity contribution in [3.8, 4) is 0 Å². The van der Waals surface area contributed by atoms with Gasteiger partial charge < -0.3 is 4.90 Å². The van der Waals surface area contributed by atoms with Crippen molar-refractivity contribution < 1.29 is 9.72 Å². The van der Waals surface area contributed by atoms with Gasteiger partial charge in [-0.25, -0.2) is 0 Å². The molecule has 106 valence electrons. The lowest BCUT2D eigenvalue weighted by Gasteiger charge is -2.20. The van der Waals surface area contributed by atoms with Gasteiger partial charge in [-0.15, -0.1) is 11.3 Å².